The molecule has 344 valence electrons. The minimum Gasteiger partial charge on any atom is -0.334 e. The molecule has 2 aliphatic carbocycles. The second-order valence-electron chi connectivity index (χ2n) is 25.6. The molecule has 0 bridgehead atoms. The largest absolute Gasteiger partial charge is 0.334 e. The van der Waals surface area contributed by atoms with Crippen LogP contribution in [0.5, 0.6) is 0 Å². The SMILES string of the molecule is Cc1cc2c(cc1N1c3cc(N4c5ccc(C(C)(C)C)cc5C5(C)CCCCC45C)ccc3B3c4c1cc(C(C)(C)C)cc4-n1c4c3cccc4c3sc4ccccc4c31)C(C)(C)CCC2(C)C. The topological polar surface area (TPSA) is 11.4 Å². The molecule has 2 atom stereocenters. The summed E-state index contributed by atoms with van der Waals surface area (Å²) in [5, 5.41) is 2.72. The zero-order chi connectivity index (χ0) is 47.4. The minimum atomic E-state index is -0.0873. The molecular formula is C63H68BN3S. The van der Waals surface area contributed by atoms with E-state index in [1.165, 1.54) is 154 Å². The molecule has 5 heteroatoms. The number of benzene rings is 6. The fraction of sp³-hybridized carbons (Fsp3) is 0.397. The van der Waals surface area contributed by atoms with Crippen LogP contribution in [0.25, 0.3) is 36.9 Å². The maximum atomic E-state index is 2.82. The summed E-state index contributed by atoms with van der Waals surface area (Å²) in [7, 11) is 0. The number of rotatable bonds is 2. The molecule has 2 aromatic heterocycles. The third-order valence-electron chi connectivity index (χ3n) is 18.6. The molecule has 0 N–H and O–H groups in total. The number of aryl methyl sites for hydroxylation is 1. The number of anilines is 5. The van der Waals surface area contributed by atoms with Gasteiger partial charge in [-0.25, -0.2) is 0 Å². The van der Waals surface area contributed by atoms with E-state index in [4.69, 9.17) is 0 Å². The van der Waals surface area contributed by atoms with Crippen molar-refractivity contribution >= 4 is 94.1 Å². The minimum absolute atomic E-state index is 0.0372. The lowest BCUT2D eigenvalue weighted by molar-refractivity contribution is 0.195. The van der Waals surface area contributed by atoms with Gasteiger partial charge in [0.05, 0.1) is 21.3 Å². The normalized spacial score (nSPS) is 22.1. The maximum absolute atomic E-state index is 2.82. The van der Waals surface area contributed by atoms with E-state index in [1.54, 1.807) is 0 Å². The summed E-state index contributed by atoms with van der Waals surface area (Å²) in [6, 6.07) is 41.9. The van der Waals surface area contributed by atoms with Crippen LogP contribution in [0.15, 0.2) is 103 Å². The highest BCUT2D eigenvalue weighted by Gasteiger charge is 2.58. The van der Waals surface area contributed by atoms with Crippen molar-refractivity contribution in [2.45, 2.75) is 161 Å². The fourth-order valence-corrected chi connectivity index (χ4v) is 15.5. The van der Waals surface area contributed by atoms with Crippen molar-refractivity contribution in [2.75, 3.05) is 9.80 Å². The van der Waals surface area contributed by atoms with Crippen LogP contribution in [0.3, 0.4) is 0 Å². The lowest BCUT2D eigenvalue weighted by Crippen LogP contribution is -2.60. The van der Waals surface area contributed by atoms with E-state index >= 15 is 0 Å². The molecule has 68 heavy (non-hydrogen) atoms. The molecule has 0 radical (unpaired) electrons. The Morgan fingerprint density at radius 1 is 0.544 bits per heavy atom. The van der Waals surface area contributed by atoms with Crippen LogP contribution >= 0.6 is 11.3 Å². The number of fused-ring (bicyclic) bond motifs is 13. The highest BCUT2D eigenvalue weighted by molar-refractivity contribution is 7.26. The van der Waals surface area contributed by atoms with Crippen molar-refractivity contribution in [2.24, 2.45) is 0 Å². The van der Waals surface area contributed by atoms with Gasteiger partial charge in [-0.1, -0.05) is 150 Å². The van der Waals surface area contributed by atoms with Crippen molar-refractivity contribution in [1.29, 1.82) is 0 Å². The summed E-state index contributed by atoms with van der Waals surface area (Å²) in [5.74, 6) is 0. The highest BCUT2D eigenvalue weighted by Crippen LogP contribution is 2.62. The zero-order valence-electron chi connectivity index (χ0n) is 42.9. The molecule has 1 saturated carbocycles. The van der Waals surface area contributed by atoms with Gasteiger partial charge in [0.15, 0.2) is 0 Å². The molecule has 0 spiro atoms. The Hall–Kier alpha value is -5.26. The van der Waals surface area contributed by atoms with Crippen LogP contribution in [0, 0.1) is 6.92 Å². The van der Waals surface area contributed by atoms with Crippen LogP contribution in [0.4, 0.5) is 28.4 Å². The summed E-state index contributed by atoms with van der Waals surface area (Å²) >= 11 is 1.96. The van der Waals surface area contributed by atoms with E-state index in [9.17, 15) is 0 Å². The Balaban J connectivity index is 1.15. The van der Waals surface area contributed by atoms with Crippen molar-refractivity contribution < 1.29 is 0 Å². The highest BCUT2D eigenvalue weighted by atomic mass is 32.1. The van der Waals surface area contributed by atoms with Gasteiger partial charge in [0, 0.05) is 55.0 Å². The molecule has 0 saturated heterocycles. The molecule has 2 unspecified atom stereocenters. The Morgan fingerprint density at radius 3 is 1.99 bits per heavy atom. The summed E-state index contributed by atoms with van der Waals surface area (Å²) in [4.78, 5) is 5.58. The van der Waals surface area contributed by atoms with Crippen molar-refractivity contribution in [1.82, 2.24) is 4.57 Å². The average molecular weight is 910 g/mol. The number of hydrogen-bond donors (Lipinski definition) is 0. The second kappa shape index (κ2) is 13.5. The van der Waals surface area contributed by atoms with Gasteiger partial charge in [-0.2, -0.15) is 0 Å². The van der Waals surface area contributed by atoms with E-state index in [-0.39, 0.29) is 39.3 Å². The molecule has 0 amide bonds. The summed E-state index contributed by atoms with van der Waals surface area (Å²) < 4.78 is 5.45. The molecule has 3 nitrogen and oxygen atoms in total. The second-order valence-corrected chi connectivity index (χ2v) is 26.7. The third kappa shape index (κ3) is 5.49. The van der Waals surface area contributed by atoms with Gasteiger partial charge in [-0.15, -0.1) is 11.3 Å². The molecule has 8 aromatic rings. The zero-order valence-corrected chi connectivity index (χ0v) is 43.7. The van der Waals surface area contributed by atoms with Crippen molar-refractivity contribution in [3.8, 4) is 5.69 Å². The van der Waals surface area contributed by atoms with Crippen LogP contribution < -0.4 is 26.2 Å². The first-order chi connectivity index (χ1) is 32.1. The first-order valence-electron chi connectivity index (χ1n) is 25.8. The predicted octanol–water partition coefficient (Wildman–Crippen LogP) is 15.6. The summed E-state index contributed by atoms with van der Waals surface area (Å²) in [6.45, 7) is 31.9. The van der Waals surface area contributed by atoms with Crippen molar-refractivity contribution in [3.63, 3.8) is 0 Å². The van der Waals surface area contributed by atoms with Gasteiger partial charge in [0.2, 0.25) is 0 Å². The molecule has 5 aliphatic rings. The average Bonchev–Trinajstić information content (AvgIpc) is 3.89. The predicted molar refractivity (Wildman–Crippen MR) is 296 cm³/mol. The standard InChI is InChI=1S/C63H68BN3S/c1-37-31-43-44(61(10,11)30-29-60(43,8)9)36-49(37)65-50-35-40(67-48-26-23-38(58(2,3)4)32-45(48)62(12)27-16-17-28-63(62,67)13)24-25-46(50)64-47-21-18-20-42-55(47)66(56-41-19-14-15-22-53(41)68-57(42)56)52-34-39(59(5,6)7)33-51(65)54(52)64/h14-15,18-26,31-36H,16-17,27-30H2,1-13H3. The van der Waals surface area contributed by atoms with E-state index in [2.05, 4.69) is 208 Å². The molecular weight excluding hydrogens is 842 g/mol. The maximum Gasteiger partial charge on any atom is 0.252 e. The van der Waals surface area contributed by atoms with Crippen LogP contribution in [0.1, 0.15) is 155 Å². The van der Waals surface area contributed by atoms with Gasteiger partial charge in [-0.05, 0) is 153 Å². The van der Waals surface area contributed by atoms with Gasteiger partial charge in [0.1, 0.15) is 0 Å². The molecule has 1 fully saturated rings. The number of hydrogen-bond acceptors (Lipinski definition) is 3. The molecule has 13 rings (SSSR count). The Kier molecular flexibility index (Phi) is 8.52. The molecule has 5 heterocycles. The molecule has 3 aliphatic heterocycles. The van der Waals surface area contributed by atoms with E-state index in [1.807, 2.05) is 11.3 Å². The Labute approximate surface area is 409 Å². The van der Waals surface area contributed by atoms with Crippen LogP contribution in [-0.4, -0.2) is 16.8 Å². The van der Waals surface area contributed by atoms with Gasteiger partial charge in [-0.3, -0.25) is 0 Å². The van der Waals surface area contributed by atoms with E-state index in [0.717, 1.165) is 0 Å². The Morgan fingerprint density at radius 2 is 1.24 bits per heavy atom. The third-order valence-corrected chi connectivity index (χ3v) is 19.8. The summed E-state index contributed by atoms with van der Waals surface area (Å²) in [6.07, 6.45) is 7.30. The fourth-order valence-electron chi connectivity index (χ4n) is 14.3. The number of para-hydroxylation sites is 1. The Bertz CT molecular complexity index is 3510. The van der Waals surface area contributed by atoms with Gasteiger partial charge in [0.25, 0.3) is 6.71 Å². The number of aromatic nitrogens is 1. The van der Waals surface area contributed by atoms with Gasteiger partial charge < -0.3 is 14.4 Å². The van der Waals surface area contributed by atoms with E-state index < -0.39 is 0 Å². The first-order valence-corrected chi connectivity index (χ1v) is 26.6. The van der Waals surface area contributed by atoms with Crippen LogP contribution in [0.2, 0.25) is 0 Å². The lowest BCUT2D eigenvalue weighted by atomic mass is 9.33. The molecule has 6 aromatic carbocycles. The lowest BCUT2D eigenvalue weighted by Gasteiger charge is -2.50. The quantitative estimate of drug-likeness (QED) is 0.160. The smallest absolute Gasteiger partial charge is 0.252 e. The summed E-state index contributed by atoms with van der Waals surface area (Å²) in [5.41, 5.74) is 23.8. The number of thiophene rings is 1. The van der Waals surface area contributed by atoms with Crippen molar-refractivity contribution in [3.05, 3.63) is 137 Å². The monoisotopic (exact) mass is 910 g/mol. The van der Waals surface area contributed by atoms with E-state index in [0.29, 0.717) is 0 Å². The number of nitrogens with zero attached hydrogens (tertiary/aromatic N) is 3. The van der Waals surface area contributed by atoms with Crippen LogP contribution in [-0.2, 0) is 27.1 Å². The first kappa shape index (κ1) is 42.8. The van der Waals surface area contributed by atoms with Gasteiger partial charge >= 0.3 is 0 Å².